The lowest BCUT2D eigenvalue weighted by Gasteiger charge is -2.21. The number of rotatable bonds is 7. The Morgan fingerprint density at radius 2 is 2.21 bits per heavy atom. The average molecular weight is 283 g/mol. The summed E-state index contributed by atoms with van der Waals surface area (Å²) in [7, 11) is 2.03. The molecule has 1 aromatic carbocycles. The van der Waals surface area contributed by atoms with Crippen molar-refractivity contribution in [2.24, 2.45) is 11.7 Å². The fourth-order valence-electron chi connectivity index (χ4n) is 1.97. The van der Waals surface area contributed by atoms with Crippen molar-refractivity contribution in [3.8, 4) is 0 Å². The molecular weight excluding hydrogens is 260 g/mol. The van der Waals surface area contributed by atoms with Crippen LogP contribution in [0.25, 0.3) is 0 Å². The smallest absolute Gasteiger partial charge is 0.0642 e. The molecule has 1 aliphatic rings. The normalized spacial score (nSPS) is 16.4. The van der Waals surface area contributed by atoms with E-state index in [4.69, 9.17) is 22.1 Å². The molecule has 2 rings (SSSR count). The van der Waals surface area contributed by atoms with Gasteiger partial charge in [0.15, 0.2) is 0 Å². The Morgan fingerprint density at radius 1 is 1.47 bits per heavy atom. The van der Waals surface area contributed by atoms with Gasteiger partial charge in [0.25, 0.3) is 0 Å². The number of nitrogens with two attached hydrogens (primary N) is 1. The van der Waals surface area contributed by atoms with Gasteiger partial charge in [0, 0.05) is 26.2 Å². The van der Waals surface area contributed by atoms with Crippen LogP contribution in [0.5, 0.6) is 0 Å². The number of nitrogens with zero attached hydrogens (tertiary/aromatic N) is 1. The SMILES string of the molecule is C[C@H](N)c1ccc(N(C)CCOCC2CC2)c(Cl)c1. The number of halogens is 1. The van der Waals surface area contributed by atoms with Crippen LogP contribution in [0.15, 0.2) is 18.2 Å². The van der Waals surface area contributed by atoms with Crippen LogP contribution < -0.4 is 10.6 Å². The van der Waals surface area contributed by atoms with Crippen molar-refractivity contribution in [1.82, 2.24) is 0 Å². The van der Waals surface area contributed by atoms with Gasteiger partial charge in [-0.1, -0.05) is 17.7 Å². The van der Waals surface area contributed by atoms with E-state index in [9.17, 15) is 0 Å². The summed E-state index contributed by atoms with van der Waals surface area (Å²) in [5, 5.41) is 0.750. The number of anilines is 1. The molecule has 0 unspecified atom stereocenters. The van der Waals surface area contributed by atoms with E-state index in [0.29, 0.717) is 0 Å². The summed E-state index contributed by atoms with van der Waals surface area (Å²) >= 11 is 6.30. The molecule has 0 amide bonds. The zero-order valence-corrected chi connectivity index (χ0v) is 12.5. The average Bonchev–Trinajstić information content (AvgIpc) is 3.18. The van der Waals surface area contributed by atoms with Crippen molar-refractivity contribution in [3.05, 3.63) is 28.8 Å². The first kappa shape index (κ1) is 14.6. The van der Waals surface area contributed by atoms with Crippen molar-refractivity contribution in [3.63, 3.8) is 0 Å². The molecule has 1 aliphatic carbocycles. The zero-order valence-electron chi connectivity index (χ0n) is 11.7. The van der Waals surface area contributed by atoms with Gasteiger partial charge in [-0.25, -0.2) is 0 Å². The molecule has 19 heavy (non-hydrogen) atoms. The fourth-order valence-corrected chi connectivity index (χ4v) is 2.31. The third-order valence-electron chi connectivity index (χ3n) is 3.53. The highest BCUT2D eigenvalue weighted by Gasteiger charge is 2.21. The Bertz CT molecular complexity index is 419. The molecule has 1 fully saturated rings. The van der Waals surface area contributed by atoms with E-state index in [1.54, 1.807) is 0 Å². The van der Waals surface area contributed by atoms with Gasteiger partial charge in [-0.3, -0.25) is 0 Å². The molecule has 1 saturated carbocycles. The standard InChI is InChI=1S/C15H23ClN2O/c1-11(17)13-5-6-15(14(16)9-13)18(2)7-8-19-10-12-3-4-12/h5-6,9,11-12H,3-4,7-8,10,17H2,1-2H3/t11-/m0/s1. The van der Waals surface area contributed by atoms with Gasteiger partial charge >= 0.3 is 0 Å². The maximum atomic E-state index is 6.30. The van der Waals surface area contributed by atoms with Crippen LogP contribution in [0.3, 0.4) is 0 Å². The van der Waals surface area contributed by atoms with E-state index in [1.807, 2.05) is 32.2 Å². The van der Waals surface area contributed by atoms with Crippen molar-refractivity contribution in [1.29, 1.82) is 0 Å². The van der Waals surface area contributed by atoms with Crippen LogP contribution in [0.2, 0.25) is 5.02 Å². The largest absolute Gasteiger partial charge is 0.379 e. The summed E-state index contributed by atoms with van der Waals surface area (Å²) < 4.78 is 5.65. The molecule has 1 aromatic rings. The number of benzene rings is 1. The van der Waals surface area contributed by atoms with Crippen molar-refractivity contribution < 1.29 is 4.74 Å². The van der Waals surface area contributed by atoms with Gasteiger partial charge in [-0.05, 0) is 43.4 Å². The van der Waals surface area contributed by atoms with E-state index >= 15 is 0 Å². The molecule has 0 heterocycles. The minimum atomic E-state index is 0.0127. The molecule has 4 heteroatoms. The minimum absolute atomic E-state index is 0.0127. The summed E-state index contributed by atoms with van der Waals surface area (Å²) in [6, 6.07) is 6.03. The van der Waals surface area contributed by atoms with Gasteiger partial charge < -0.3 is 15.4 Å². The molecule has 0 spiro atoms. The number of hydrogen-bond acceptors (Lipinski definition) is 3. The first-order chi connectivity index (χ1) is 9.08. The van der Waals surface area contributed by atoms with Crippen LogP contribution in [-0.4, -0.2) is 26.8 Å². The Labute approximate surface area is 120 Å². The lowest BCUT2D eigenvalue weighted by atomic mass is 10.1. The third kappa shape index (κ3) is 4.37. The van der Waals surface area contributed by atoms with Crippen molar-refractivity contribution in [2.75, 3.05) is 31.7 Å². The Hall–Kier alpha value is -0.770. The van der Waals surface area contributed by atoms with Crippen LogP contribution >= 0.6 is 11.6 Å². The predicted octanol–water partition coefficient (Wildman–Crippen LogP) is 3.22. The number of ether oxygens (including phenoxy) is 1. The molecule has 0 bridgehead atoms. The van der Waals surface area contributed by atoms with E-state index in [1.165, 1.54) is 12.8 Å². The second-order valence-electron chi connectivity index (χ2n) is 5.44. The van der Waals surface area contributed by atoms with Crippen LogP contribution in [0.4, 0.5) is 5.69 Å². The van der Waals surface area contributed by atoms with E-state index < -0.39 is 0 Å². The van der Waals surface area contributed by atoms with E-state index in [-0.39, 0.29) is 6.04 Å². The Balaban J connectivity index is 1.84. The summed E-state index contributed by atoms with van der Waals surface area (Å²) in [5.41, 5.74) is 7.94. The maximum absolute atomic E-state index is 6.30. The molecule has 0 saturated heterocycles. The lowest BCUT2D eigenvalue weighted by Crippen LogP contribution is -2.23. The molecule has 0 aliphatic heterocycles. The summed E-state index contributed by atoms with van der Waals surface area (Å²) in [4.78, 5) is 2.13. The fraction of sp³-hybridized carbons (Fsp3) is 0.600. The van der Waals surface area contributed by atoms with Gasteiger partial charge in [0.1, 0.15) is 0 Å². The zero-order chi connectivity index (χ0) is 13.8. The van der Waals surface area contributed by atoms with Gasteiger partial charge in [-0.2, -0.15) is 0 Å². The maximum Gasteiger partial charge on any atom is 0.0642 e. The molecule has 1 atom stereocenters. The van der Waals surface area contributed by atoms with E-state index in [0.717, 1.165) is 41.9 Å². The first-order valence-electron chi connectivity index (χ1n) is 6.92. The van der Waals surface area contributed by atoms with Crippen LogP contribution in [0, 0.1) is 5.92 Å². The van der Waals surface area contributed by atoms with Crippen LogP contribution in [-0.2, 0) is 4.74 Å². The summed E-state index contributed by atoms with van der Waals surface area (Å²) in [6.45, 7) is 4.47. The van der Waals surface area contributed by atoms with Crippen LogP contribution in [0.1, 0.15) is 31.4 Å². The minimum Gasteiger partial charge on any atom is -0.379 e. The van der Waals surface area contributed by atoms with Gasteiger partial charge in [-0.15, -0.1) is 0 Å². The topological polar surface area (TPSA) is 38.5 Å². The van der Waals surface area contributed by atoms with Gasteiger partial charge in [0.2, 0.25) is 0 Å². The molecule has 106 valence electrons. The second-order valence-corrected chi connectivity index (χ2v) is 5.85. The highest BCUT2D eigenvalue weighted by Crippen LogP contribution is 2.29. The lowest BCUT2D eigenvalue weighted by molar-refractivity contribution is 0.131. The molecule has 0 aromatic heterocycles. The predicted molar refractivity (Wildman–Crippen MR) is 80.9 cm³/mol. The van der Waals surface area contributed by atoms with Gasteiger partial charge in [0.05, 0.1) is 17.3 Å². The highest BCUT2D eigenvalue weighted by atomic mass is 35.5. The molecular formula is C15H23ClN2O. The Morgan fingerprint density at radius 3 is 2.79 bits per heavy atom. The number of likely N-dealkylation sites (N-methyl/N-ethyl adjacent to an activating group) is 1. The molecule has 2 N–H and O–H groups in total. The van der Waals surface area contributed by atoms with Crippen molar-refractivity contribution >= 4 is 17.3 Å². The summed E-state index contributed by atoms with van der Waals surface area (Å²) in [6.07, 6.45) is 2.67. The quantitative estimate of drug-likeness (QED) is 0.781. The Kier molecular flexibility index (Phi) is 5.08. The number of hydrogen-bond donors (Lipinski definition) is 1. The van der Waals surface area contributed by atoms with Crippen molar-refractivity contribution in [2.45, 2.75) is 25.8 Å². The summed E-state index contributed by atoms with van der Waals surface area (Å²) in [5.74, 6) is 0.819. The monoisotopic (exact) mass is 282 g/mol. The van der Waals surface area contributed by atoms with E-state index in [2.05, 4.69) is 4.90 Å². The third-order valence-corrected chi connectivity index (χ3v) is 3.83. The second kappa shape index (κ2) is 6.60. The molecule has 0 radical (unpaired) electrons. The highest BCUT2D eigenvalue weighted by molar-refractivity contribution is 6.33. The first-order valence-corrected chi connectivity index (χ1v) is 7.29. The molecule has 3 nitrogen and oxygen atoms in total.